The minimum atomic E-state index is -0.714. The van der Waals surface area contributed by atoms with Gasteiger partial charge < -0.3 is 14.7 Å². The van der Waals surface area contributed by atoms with E-state index in [0.717, 1.165) is 19.6 Å². The molecular formula is C23H27N5O4. The average molecular weight is 438 g/mol. The van der Waals surface area contributed by atoms with Crippen LogP contribution in [0.25, 0.3) is 5.76 Å². The molecule has 2 aliphatic heterocycles. The fourth-order valence-corrected chi connectivity index (χ4v) is 4.25. The minimum absolute atomic E-state index is 0.0462. The number of ether oxygens (including phenoxy) is 1. The molecule has 1 amide bonds. The number of ketones is 1. The van der Waals surface area contributed by atoms with E-state index in [2.05, 4.69) is 19.9 Å². The molecule has 2 fully saturated rings. The Balaban J connectivity index is 1.67. The maximum Gasteiger partial charge on any atom is 0.295 e. The van der Waals surface area contributed by atoms with Gasteiger partial charge in [-0.2, -0.15) is 0 Å². The number of pyridine rings is 1. The zero-order chi connectivity index (χ0) is 22.7. The molecule has 2 aromatic heterocycles. The number of amides is 1. The molecule has 9 heteroatoms. The van der Waals surface area contributed by atoms with E-state index in [1.165, 1.54) is 11.1 Å². The number of Topliss-reactive ketones (excluding diaryl/α,β-unsaturated/α-hetero) is 1. The van der Waals surface area contributed by atoms with Crippen molar-refractivity contribution in [3.8, 4) is 0 Å². The molecule has 9 nitrogen and oxygen atoms in total. The van der Waals surface area contributed by atoms with Gasteiger partial charge in [0.1, 0.15) is 11.6 Å². The van der Waals surface area contributed by atoms with Crippen LogP contribution in [-0.2, 0) is 14.3 Å². The van der Waals surface area contributed by atoms with Crippen LogP contribution in [-0.4, -0.2) is 80.9 Å². The van der Waals surface area contributed by atoms with Gasteiger partial charge >= 0.3 is 0 Å². The van der Waals surface area contributed by atoms with Crippen molar-refractivity contribution in [2.24, 2.45) is 0 Å². The Morgan fingerprint density at radius 2 is 1.97 bits per heavy atom. The topological polar surface area (TPSA) is 109 Å². The van der Waals surface area contributed by atoms with E-state index in [9.17, 15) is 14.7 Å². The summed E-state index contributed by atoms with van der Waals surface area (Å²) in [6, 6.07) is 2.85. The van der Waals surface area contributed by atoms with Gasteiger partial charge in [0.25, 0.3) is 11.7 Å². The third-order valence-electron chi connectivity index (χ3n) is 5.87. The number of nitrogens with zero attached hydrogens (tertiary/aromatic N) is 5. The van der Waals surface area contributed by atoms with Crippen LogP contribution in [0.5, 0.6) is 0 Å². The lowest BCUT2D eigenvalue weighted by molar-refractivity contribution is -0.140. The number of morpholine rings is 1. The van der Waals surface area contributed by atoms with Gasteiger partial charge in [-0.25, -0.2) is 9.97 Å². The summed E-state index contributed by atoms with van der Waals surface area (Å²) in [5, 5.41) is 11.1. The van der Waals surface area contributed by atoms with Gasteiger partial charge in [0.15, 0.2) is 0 Å². The first-order chi connectivity index (χ1) is 15.5. The summed E-state index contributed by atoms with van der Waals surface area (Å²) in [6.07, 6.45) is 5.44. The van der Waals surface area contributed by atoms with Crippen molar-refractivity contribution in [3.05, 3.63) is 58.9 Å². The molecule has 0 aromatic carbocycles. The van der Waals surface area contributed by atoms with E-state index in [0.29, 0.717) is 48.8 Å². The smallest absolute Gasteiger partial charge is 0.295 e. The van der Waals surface area contributed by atoms with E-state index in [-0.39, 0.29) is 11.3 Å². The second-order valence-corrected chi connectivity index (χ2v) is 8.00. The third-order valence-corrected chi connectivity index (χ3v) is 5.87. The van der Waals surface area contributed by atoms with Crippen molar-refractivity contribution in [1.82, 2.24) is 24.8 Å². The monoisotopic (exact) mass is 437 g/mol. The number of hydrogen-bond donors (Lipinski definition) is 1. The second kappa shape index (κ2) is 9.54. The number of aryl methyl sites for hydroxylation is 2. The molecule has 1 N–H and O–H groups in total. The second-order valence-electron chi connectivity index (χ2n) is 8.00. The largest absolute Gasteiger partial charge is 0.507 e. The molecule has 2 aliphatic rings. The predicted molar refractivity (Wildman–Crippen MR) is 117 cm³/mol. The van der Waals surface area contributed by atoms with Crippen molar-refractivity contribution in [2.45, 2.75) is 26.3 Å². The Morgan fingerprint density at radius 1 is 1.19 bits per heavy atom. The number of aliphatic hydroxyl groups excluding tert-OH is 1. The fourth-order valence-electron chi connectivity index (χ4n) is 4.25. The van der Waals surface area contributed by atoms with Crippen LogP contribution >= 0.6 is 0 Å². The highest BCUT2D eigenvalue weighted by Gasteiger charge is 2.46. The summed E-state index contributed by atoms with van der Waals surface area (Å²) in [4.78, 5) is 42.5. The molecule has 1 atom stereocenters. The quantitative estimate of drug-likeness (QED) is 0.413. The summed E-state index contributed by atoms with van der Waals surface area (Å²) in [5.41, 5.74) is 1.60. The van der Waals surface area contributed by atoms with Gasteiger partial charge in [0.2, 0.25) is 0 Å². The minimum Gasteiger partial charge on any atom is -0.507 e. The summed E-state index contributed by atoms with van der Waals surface area (Å²) in [5.74, 6) is -1.02. The normalized spacial score (nSPS) is 21.3. The molecule has 0 unspecified atom stereocenters. The summed E-state index contributed by atoms with van der Waals surface area (Å²) in [7, 11) is 0. The SMILES string of the molecule is Cc1ncc(/C(O)=C2\C(=O)C(=O)N(CCCN3CCOCC3)[C@H]2c2cccnc2)c(C)n1. The number of hydrogen-bond acceptors (Lipinski definition) is 8. The molecule has 0 bridgehead atoms. The van der Waals surface area contributed by atoms with E-state index >= 15 is 0 Å². The average Bonchev–Trinajstić information content (AvgIpc) is 3.05. The Labute approximate surface area is 186 Å². The number of likely N-dealkylation sites (tertiary alicyclic amines) is 1. The molecular weight excluding hydrogens is 410 g/mol. The molecule has 2 aromatic rings. The maximum absolute atomic E-state index is 13.1. The van der Waals surface area contributed by atoms with Crippen molar-refractivity contribution in [2.75, 3.05) is 39.4 Å². The standard InChI is InChI=1S/C23H27N5O4/c1-15-18(14-25-16(2)26-15)21(29)19-20(17-5-3-6-24-13-17)28(23(31)22(19)30)8-4-7-27-9-11-32-12-10-27/h3,5-6,13-14,20,29H,4,7-12H2,1-2H3/b21-19+/t20-/m0/s1. The molecule has 0 spiro atoms. The van der Waals surface area contributed by atoms with Gasteiger partial charge in [-0.15, -0.1) is 0 Å². The van der Waals surface area contributed by atoms with Crippen molar-refractivity contribution >= 4 is 17.4 Å². The van der Waals surface area contributed by atoms with Crippen LogP contribution in [0.4, 0.5) is 0 Å². The van der Waals surface area contributed by atoms with E-state index in [1.54, 1.807) is 32.3 Å². The lowest BCUT2D eigenvalue weighted by Crippen LogP contribution is -2.39. The molecule has 0 saturated carbocycles. The van der Waals surface area contributed by atoms with E-state index in [1.807, 2.05) is 6.07 Å². The van der Waals surface area contributed by atoms with Crippen LogP contribution in [0.1, 0.15) is 35.1 Å². The van der Waals surface area contributed by atoms with Gasteiger partial charge in [-0.05, 0) is 31.9 Å². The highest BCUT2D eigenvalue weighted by atomic mass is 16.5. The van der Waals surface area contributed by atoms with Crippen molar-refractivity contribution < 1.29 is 19.4 Å². The molecule has 0 aliphatic carbocycles. The van der Waals surface area contributed by atoms with Crippen LogP contribution < -0.4 is 0 Å². The number of aliphatic hydroxyl groups is 1. The Morgan fingerprint density at radius 3 is 2.66 bits per heavy atom. The number of carbonyl (C=O) groups is 2. The Hall–Kier alpha value is -3.17. The number of carbonyl (C=O) groups excluding carboxylic acids is 2. The van der Waals surface area contributed by atoms with Crippen LogP contribution in [0.3, 0.4) is 0 Å². The molecule has 4 rings (SSSR count). The Kier molecular flexibility index (Phi) is 6.57. The lowest BCUT2D eigenvalue weighted by Gasteiger charge is -2.29. The van der Waals surface area contributed by atoms with Gasteiger partial charge in [0.05, 0.1) is 36.1 Å². The zero-order valence-electron chi connectivity index (χ0n) is 18.3. The summed E-state index contributed by atoms with van der Waals surface area (Å²) in [6.45, 7) is 7.81. The first-order valence-corrected chi connectivity index (χ1v) is 10.8. The van der Waals surface area contributed by atoms with Crippen LogP contribution in [0, 0.1) is 13.8 Å². The number of aromatic nitrogens is 3. The van der Waals surface area contributed by atoms with E-state index in [4.69, 9.17) is 4.74 Å². The number of rotatable bonds is 6. The Bertz CT molecular complexity index is 1030. The predicted octanol–water partition coefficient (Wildman–Crippen LogP) is 1.63. The molecule has 4 heterocycles. The van der Waals surface area contributed by atoms with Crippen molar-refractivity contribution in [3.63, 3.8) is 0 Å². The first kappa shape index (κ1) is 22.0. The van der Waals surface area contributed by atoms with Gasteiger partial charge in [-0.1, -0.05) is 6.07 Å². The maximum atomic E-state index is 13.1. The summed E-state index contributed by atoms with van der Waals surface area (Å²) >= 11 is 0. The molecule has 0 radical (unpaired) electrons. The summed E-state index contributed by atoms with van der Waals surface area (Å²) < 4.78 is 5.38. The highest BCUT2D eigenvalue weighted by molar-refractivity contribution is 6.46. The fraction of sp³-hybridized carbons (Fsp3) is 0.435. The van der Waals surface area contributed by atoms with Gasteiger partial charge in [0, 0.05) is 44.8 Å². The molecule has 2 saturated heterocycles. The van der Waals surface area contributed by atoms with E-state index < -0.39 is 17.7 Å². The third kappa shape index (κ3) is 4.39. The van der Waals surface area contributed by atoms with Crippen molar-refractivity contribution in [1.29, 1.82) is 0 Å². The lowest BCUT2D eigenvalue weighted by atomic mass is 9.96. The molecule has 168 valence electrons. The zero-order valence-corrected chi connectivity index (χ0v) is 18.3. The van der Waals surface area contributed by atoms with Crippen LogP contribution in [0.2, 0.25) is 0 Å². The van der Waals surface area contributed by atoms with Crippen LogP contribution in [0.15, 0.2) is 36.3 Å². The first-order valence-electron chi connectivity index (χ1n) is 10.8. The molecule has 32 heavy (non-hydrogen) atoms. The van der Waals surface area contributed by atoms with Gasteiger partial charge in [-0.3, -0.25) is 19.5 Å². The highest BCUT2D eigenvalue weighted by Crippen LogP contribution is 2.39.